The number of hydrogen-bond acceptors (Lipinski definition) is 4. The Bertz CT molecular complexity index is 656. The second-order valence-corrected chi connectivity index (χ2v) is 7.03. The third-order valence-corrected chi connectivity index (χ3v) is 5.40. The van der Waals surface area contributed by atoms with Crippen molar-refractivity contribution in [3.8, 4) is 0 Å². The molecular weight excluding hydrogens is 302 g/mol. The minimum atomic E-state index is 0.185. The molecule has 2 heterocycles. The van der Waals surface area contributed by atoms with E-state index in [1.54, 1.807) is 0 Å². The fourth-order valence-electron chi connectivity index (χ4n) is 4.05. The SMILES string of the molecule is Cc1ccc([C@H](c2nnnn2C2CCCC2)[NH+]2CCOCC2)cc1. The number of aryl methyl sites for hydroxylation is 1. The van der Waals surface area contributed by atoms with Gasteiger partial charge in [-0.25, -0.2) is 4.68 Å². The number of aromatic nitrogens is 4. The van der Waals surface area contributed by atoms with Crippen LogP contribution in [0.2, 0.25) is 0 Å². The Hall–Kier alpha value is -1.79. The molecule has 2 aromatic rings. The van der Waals surface area contributed by atoms with E-state index >= 15 is 0 Å². The summed E-state index contributed by atoms with van der Waals surface area (Å²) >= 11 is 0. The summed E-state index contributed by atoms with van der Waals surface area (Å²) in [6.45, 7) is 5.74. The van der Waals surface area contributed by atoms with E-state index in [4.69, 9.17) is 4.74 Å². The van der Waals surface area contributed by atoms with Gasteiger partial charge in [0.15, 0.2) is 6.04 Å². The minimum absolute atomic E-state index is 0.185. The predicted molar refractivity (Wildman–Crippen MR) is 89.9 cm³/mol. The Morgan fingerprint density at radius 3 is 2.54 bits per heavy atom. The zero-order valence-electron chi connectivity index (χ0n) is 14.3. The number of tetrazole rings is 1. The van der Waals surface area contributed by atoms with Crippen molar-refractivity contribution in [2.45, 2.75) is 44.7 Å². The lowest BCUT2D eigenvalue weighted by atomic mass is 10.0. The van der Waals surface area contributed by atoms with Crippen molar-refractivity contribution in [1.29, 1.82) is 0 Å². The summed E-state index contributed by atoms with van der Waals surface area (Å²) in [4.78, 5) is 1.50. The third-order valence-electron chi connectivity index (χ3n) is 5.40. The standard InChI is InChI=1S/C18H25N5O/c1-14-6-8-15(9-7-14)17(22-10-12-24-13-11-22)18-19-20-21-23(18)16-4-2-3-5-16/h6-9,16-17H,2-5,10-13H2,1H3/p+1/t17-/m1/s1. The molecule has 1 aliphatic carbocycles. The number of morpholine rings is 1. The van der Waals surface area contributed by atoms with Gasteiger partial charge < -0.3 is 9.64 Å². The molecule has 2 aliphatic rings. The van der Waals surface area contributed by atoms with E-state index in [0.717, 1.165) is 32.1 Å². The number of nitrogens with one attached hydrogen (secondary N) is 1. The predicted octanol–water partition coefficient (Wildman–Crippen LogP) is 1.10. The molecule has 1 aliphatic heterocycles. The molecule has 128 valence electrons. The van der Waals surface area contributed by atoms with Crippen molar-refractivity contribution in [2.75, 3.05) is 26.3 Å². The summed E-state index contributed by atoms with van der Waals surface area (Å²) in [5.74, 6) is 1.02. The molecule has 24 heavy (non-hydrogen) atoms. The van der Waals surface area contributed by atoms with Gasteiger partial charge >= 0.3 is 0 Å². The van der Waals surface area contributed by atoms with E-state index in [0.29, 0.717) is 6.04 Å². The summed E-state index contributed by atoms with van der Waals surface area (Å²) in [5, 5.41) is 12.9. The lowest BCUT2D eigenvalue weighted by molar-refractivity contribution is -0.933. The molecule has 1 saturated heterocycles. The van der Waals surface area contributed by atoms with Crippen molar-refractivity contribution < 1.29 is 9.64 Å². The zero-order chi connectivity index (χ0) is 16.4. The number of quaternary nitrogens is 1. The number of ether oxygens (including phenoxy) is 1. The molecule has 1 aromatic heterocycles. The molecule has 6 nitrogen and oxygen atoms in total. The number of hydrogen-bond donors (Lipinski definition) is 1. The maximum Gasteiger partial charge on any atom is 0.214 e. The molecule has 1 saturated carbocycles. The maximum absolute atomic E-state index is 5.57. The first-order valence-electron chi connectivity index (χ1n) is 9.09. The largest absolute Gasteiger partial charge is 0.370 e. The highest BCUT2D eigenvalue weighted by Crippen LogP contribution is 2.31. The van der Waals surface area contributed by atoms with Crippen LogP contribution in [-0.2, 0) is 4.74 Å². The Morgan fingerprint density at radius 2 is 1.83 bits per heavy atom. The van der Waals surface area contributed by atoms with E-state index in [2.05, 4.69) is 51.4 Å². The molecule has 4 rings (SSSR count). The highest BCUT2D eigenvalue weighted by molar-refractivity contribution is 5.26. The Labute approximate surface area is 142 Å². The van der Waals surface area contributed by atoms with Gasteiger partial charge in [-0.05, 0) is 30.2 Å². The minimum Gasteiger partial charge on any atom is -0.370 e. The number of nitrogens with zero attached hydrogens (tertiary/aromatic N) is 4. The van der Waals surface area contributed by atoms with E-state index in [1.807, 2.05) is 0 Å². The molecule has 1 atom stereocenters. The summed E-state index contributed by atoms with van der Waals surface area (Å²) in [6, 6.07) is 9.48. The van der Waals surface area contributed by atoms with E-state index in [9.17, 15) is 0 Å². The molecule has 0 bridgehead atoms. The number of benzene rings is 1. The van der Waals surface area contributed by atoms with Crippen LogP contribution < -0.4 is 4.90 Å². The summed E-state index contributed by atoms with van der Waals surface area (Å²) in [6.07, 6.45) is 4.95. The number of rotatable bonds is 4. The molecule has 1 N–H and O–H groups in total. The average molecular weight is 328 g/mol. The fraction of sp³-hybridized carbons (Fsp3) is 0.611. The van der Waals surface area contributed by atoms with Crippen LogP contribution in [0, 0.1) is 6.92 Å². The lowest BCUT2D eigenvalue weighted by Crippen LogP contribution is -3.14. The van der Waals surface area contributed by atoms with Crippen LogP contribution >= 0.6 is 0 Å². The molecule has 0 radical (unpaired) electrons. The summed E-state index contributed by atoms with van der Waals surface area (Å²) < 4.78 is 7.68. The van der Waals surface area contributed by atoms with Gasteiger partial charge in [0.25, 0.3) is 0 Å². The molecular formula is C18H26N5O+. The van der Waals surface area contributed by atoms with E-state index in [-0.39, 0.29) is 6.04 Å². The van der Waals surface area contributed by atoms with Gasteiger partial charge in [0.05, 0.1) is 19.3 Å². The van der Waals surface area contributed by atoms with Crippen LogP contribution in [0.4, 0.5) is 0 Å². The molecule has 2 fully saturated rings. The second kappa shape index (κ2) is 6.99. The molecule has 6 heteroatoms. The van der Waals surface area contributed by atoms with Crippen LogP contribution in [0.15, 0.2) is 24.3 Å². The zero-order valence-corrected chi connectivity index (χ0v) is 14.3. The third kappa shape index (κ3) is 3.08. The first kappa shape index (κ1) is 15.7. The van der Waals surface area contributed by atoms with Crippen LogP contribution in [0.1, 0.15) is 54.7 Å². The first-order valence-corrected chi connectivity index (χ1v) is 9.09. The summed E-state index contributed by atoms with van der Waals surface area (Å²) in [5.41, 5.74) is 2.58. The van der Waals surface area contributed by atoms with Crippen molar-refractivity contribution in [3.63, 3.8) is 0 Å². The van der Waals surface area contributed by atoms with Crippen molar-refractivity contribution >= 4 is 0 Å². The maximum atomic E-state index is 5.57. The van der Waals surface area contributed by atoms with Gasteiger partial charge in [0, 0.05) is 5.56 Å². The second-order valence-electron chi connectivity index (χ2n) is 7.03. The average Bonchev–Trinajstić information content (AvgIpc) is 3.29. The lowest BCUT2D eigenvalue weighted by Gasteiger charge is -2.31. The van der Waals surface area contributed by atoms with E-state index < -0.39 is 0 Å². The van der Waals surface area contributed by atoms with Crippen molar-refractivity contribution in [2.24, 2.45) is 0 Å². The van der Waals surface area contributed by atoms with Crippen LogP contribution in [-0.4, -0.2) is 46.5 Å². The Morgan fingerprint density at radius 1 is 1.12 bits per heavy atom. The fourth-order valence-corrected chi connectivity index (χ4v) is 4.05. The quantitative estimate of drug-likeness (QED) is 0.913. The van der Waals surface area contributed by atoms with Crippen LogP contribution in [0.25, 0.3) is 0 Å². The highest BCUT2D eigenvalue weighted by atomic mass is 16.5. The molecule has 0 unspecified atom stereocenters. The smallest absolute Gasteiger partial charge is 0.214 e. The topological polar surface area (TPSA) is 57.3 Å². The Kier molecular flexibility index (Phi) is 4.58. The van der Waals surface area contributed by atoms with Gasteiger partial charge in [-0.3, -0.25) is 0 Å². The Balaban J connectivity index is 1.72. The first-order chi connectivity index (χ1) is 11.8. The van der Waals surface area contributed by atoms with Gasteiger partial charge in [0.2, 0.25) is 5.82 Å². The normalized spacial score (nSPS) is 21.2. The van der Waals surface area contributed by atoms with Crippen LogP contribution in [0.3, 0.4) is 0 Å². The monoisotopic (exact) mass is 328 g/mol. The van der Waals surface area contributed by atoms with Gasteiger partial charge in [-0.2, -0.15) is 0 Å². The van der Waals surface area contributed by atoms with E-state index in [1.165, 1.54) is 41.7 Å². The highest BCUT2D eigenvalue weighted by Gasteiger charge is 2.34. The van der Waals surface area contributed by atoms with Gasteiger partial charge in [-0.1, -0.05) is 42.7 Å². The van der Waals surface area contributed by atoms with Gasteiger partial charge in [0.1, 0.15) is 13.1 Å². The molecule has 0 amide bonds. The van der Waals surface area contributed by atoms with Gasteiger partial charge in [-0.15, -0.1) is 5.10 Å². The van der Waals surface area contributed by atoms with Crippen molar-refractivity contribution in [1.82, 2.24) is 20.2 Å². The summed E-state index contributed by atoms with van der Waals surface area (Å²) in [7, 11) is 0. The van der Waals surface area contributed by atoms with Crippen molar-refractivity contribution in [3.05, 3.63) is 41.2 Å². The molecule has 1 aromatic carbocycles. The molecule has 0 spiro atoms. The van der Waals surface area contributed by atoms with Crippen LogP contribution in [0.5, 0.6) is 0 Å².